The van der Waals surface area contributed by atoms with Crippen molar-refractivity contribution in [2.75, 3.05) is 12.4 Å². The Morgan fingerprint density at radius 2 is 2.07 bits per heavy atom. The minimum atomic E-state index is 0.0759. The molecule has 0 saturated heterocycles. The van der Waals surface area contributed by atoms with Crippen molar-refractivity contribution in [1.29, 1.82) is 0 Å². The third-order valence-electron chi connectivity index (χ3n) is 4.88. The molecule has 1 saturated carbocycles. The second kappa shape index (κ2) is 8.65. The van der Waals surface area contributed by atoms with Crippen LogP contribution in [0.3, 0.4) is 0 Å². The molecule has 7 heteroatoms. The summed E-state index contributed by atoms with van der Waals surface area (Å²) in [6.07, 6.45) is 8.16. The topological polar surface area (TPSA) is 68.5 Å². The third-order valence-corrected chi connectivity index (χ3v) is 5.87. The lowest BCUT2D eigenvalue weighted by molar-refractivity contribution is -0.119. The van der Waals surface area contributed by atoms with Crippen LogP contribution in [-0.2, 0) is 4.79 Å². The first kappa shape index (κ1) is 18.8. The Labute approximate surface area is 168 Å². The maximum Gasteiger partial charge on any atom is 0.230 e. The molecule has 1 aromatic carbocycles. The first-order valence-corrected chi connectivity index (χ1v) is 10.7. The molecule has 1 aliphatic rings. The van der Waals surface area contributed by atoms with Crippen molar-refractivity contribution in [3.63, 3.8) is 0 Å². The number of rotatable bonds is 7. The van der Waals surface area contributed by atoms with Crippen molar-refractivity contribution in [1.82, 2.24) is 19.9 Å². The van der Waals surface area contributed by atoms with Gasteiger partial charge < -0.3 is 10.1 Å². The monoisotopic (exact) mass is 396 g/mol. The molecule has 28 heavy (non-hydrogen) atoms. The number of carbonyl (C=O) groups excluding carboxylic acids is 1. The van der Waals surface area contributed by atoms with Crippen molar-refractivity contribution < 1.29 is 9.53 Å². The first-order valence-electron chi connectivity index (χ1n) is 9.72. The highest BCUT2D eigenvalue weighted by atomic mass is 32.2. The number of fused-ring (bicyclic) bond motifs is 1. The van der Waals surface area contributed by atoms with Gasteiger partial charge in [0.15, 0.2) is 0 Å². The number of amides is 1. The van der Waals surface area contributed by atoms with E-state index in [1.807, 2.05) is 48.0 Å². The Hall–Kier alpha value is -2.54. The SMILES string of the molecule is CCOc1ccc(-c2cc3c(SCC(=O)NC4CCCC4)nccn3n2)cc1. The molecule has 2 heterocycles. The van der Waals surface area contributed by atoms with E-state index in [0.29, 0.717) is 18.4 Å². The predicted molar refractivity (Wildman–Crippen MR) is 111 cm³/mol. The van der Waals surface area contributed by atoms with E-state index in [4.69, 9.17) is 4.74 Å². The number of nitrogens with zero attached hydrogens (tertiary/aromatic N) is 3. The van der Waals surface area contributed by atoms with Crippen LogP contribution in [0.4, 0.5) is 0 Å². The van der Waals surface area contributed by atoms with Gasteiger partial charge in [-0.15, -0.1) is 0 Å². The lowest BCUT2D eigenvalue weighted by Crippen LogP contribution is -2.33. The average Bonchev–Trinajstić information content (AvgIpc) is 3.37. The highest BCUT2D eigenvalue weighted by Crippen LogP contribution is 2.27. The molecule has 0 spiro atoms. The quantitative estimate of drug-likeness (QED) is 0.613. The van der Waals surface area contributed by atoms with Gasteiger partial charge in [0.1, 0.15) is 10.8 Å². The summed E-state index contributed by atoms with van der Waals surface area (Å²) in [5, 5.41) is 8.59. The zero-order valence-electron chi connectivity index (χ0n) is 15.9. The van der Waals surface area contributed by atoms with Gasteiger partial charge in [0, 0.05) is 24.0 Å². The van der Waals surface area contributed by atoms with E-state index in [-0.39, 0.29) is 5.91 Å². The van der Waals surface area contributed by atoms with Crippen molar-refractivity contribution in [3.8, 4) is 17.0 Å². The molecular formula is C21H24N4O2S. The Kier molecular flexibility index (Phi) is 5.81. The van der Waals surface area contributed by atoms with E-state index in [1.165, 1.54) is 24.6 Å². The second-order valence-electron chi connectivity index (χ2n) is 6.89. The zero-order valence-corrected chi connectivity index (χ0v) is 16.7. The number of aromatic nitrogens is 3. The number of ether oxygens (including phenoxy) is 1. The molecule has 2 aromatic heterocycles. The molecule has 3 aromatic rings. The summed E-state index contributed by atoms with van der Waals surface area (Å²) < 4.78 is 7.32. The Balaban J connectivity index is 1.48. The van der Waals surface area contributed by atoms with Crippen LogP contribution < -0.4 is 10.1 Å². The fourth-order valence-electron chi connectivity index (χ4n) is 3.51. The standard InChI is InChI=1S/C21H24N4O2S/c1-2-27-17-9-7-15(8-10-17)18-13-19-21(22-11-12-25(19)24-18)28-14-20(26)23-16-5-3-4-6-16/h7-13,16H,2-6,14H2,1H3,(H,23,26). The maximum absolute atomic E-state index is 12.2. The van der Waals surface area contributed by atoms with Gasteiger partial charge in [0.05, 0.1) is 23.6 Å². The van der Waals surface area contributed by atoms with Gasteiger partial charge in [-0.3, -0.25) is 4.79 Å². The summed E-state index contributed by atoms with van der Waals surface area (Å²) in [7, 11) is 0. The Morgan fingerprint density at radius 1 is 1.29 bits per heavy atom. The lowest BCUT2D eigenvalue weighted by atomic mass is 10.1. The lowest BCUT2D eigenvalue weighted by Gasteiger charge is -2.11. The van der Waals surface area contributed by atoms with Crippen LogP contribution in [0.5, 0.6) is 5.75 Å². The summed E-state index contributed by atoms with van der Waals surface area (Å²) in [6, 6.07) is 10.3. The highest BCUT2D eigenvalue weighted by Gasteiger charge is 2.18. The van der Waals surface area contributed by atoms with Crippen LogP contribution in [0, 0.1) is 0 Å². The van der Waals surface area contributed by atoms with E-state index >= 15 is 0 Å². The van der Waals surface area contributed by atoms with Crippen molar-refractivity contribution in [2.45, 2.75) is 43.7 Å². The highest BCUT2D eigenvalue weighted by molar-refractivity contribution is 8.00. The van der Waals surface area contributed by atoms with E-state index < -0.39 is 0 Å². The smallest absolute Gasteiger partial charge is 0.230 e. The van der Waals surface area contributed by atoms with E-state index in [0.717, 1.165) is 40.4 Å². The predicted octanol–water partition coefficient (Wildman–Crippen LogP) is 3.95. The van der Waals surface area contributed by atoms with Gasteiger partial charge in [-0.05, 0) is 50.1 Å². The summed E-state index contributed by atoms with van der Waals surface area (Å²) in [4.78, 5) is 16.7. The van der Waals surface area contributed by atoms with Gasteiger partial charge in [0.2, 0.25) is 5.91 Å². The van der Waals surface area contributed by atoms with E-state index in [9.17, 15) is 4.79 Å². The van der Waals surface area contributed by atoms with Gasteiger partial charge >= 0.3 is 0 Å². The maximum atomic E-state index is 12.2. The number of nitrogens with one attached hydrogen (secondary N) is 1. The molecular weight excluding hydrogens is 372 g/mol. The summed E-state index contributed by atoms with van der Waals surface area (Å²) in [6.45, 7) is 2.62. The summed E-state index contributed by atoms with van der Waals surface area (Å²) in [5.41, 5.74) is 2.79. The molecule has 4 rings (SSSR count). The molecule has 1 aliphatic carbocycles. The third kappa shape index (κ3) is 4.30. The second-order valence-corrected chi connectivity index (χ2v) is 7.85. The molecule has 0 radical (unpaired) electrons. The van der Waals surface area contributed by atoms with Crippen LogP contribution >= 0.6 is 11.8 Å². The number of hydrogen-bond acceptors (Lipinski definition) is 5. The van der Waals surface area contributed by atoms with Gasteiger partial charge in [0.25, 0.3) is 0 Å². The van der Waals surface area contributed by atoms with Gasteiger partial charge in [-0.25, -0.2) is 9.50 Å². The van der Waals surface area contributed by atoms with Gasteiger partial charge in [-0.2, -0.15) is 5.10 Å². The fourth-order valence-corrected chi connectivity index (χ4v) is 4.30. The van der Waals surface area contributed by atoms with Crippen LogP contribution in [-0.4, -0.2) is 38.9 Å². The molecule has 146 valence electrons. The van der Waals surface area contributed by atoms with Crippen molar-refractivity contribution >= 4 is 23.2 Å². The molecule has 1 N–H and O–H groups in total. The number of thioether (sulfide) groups is 1. The number of carbonyl (C=O) groups is 1. The van der Waals surface area contributed by atoms with Crippen LogP contribution in [0.1, 0.15) is 32.6 Å². The van der Waals surface area contributed by atoms with Crippen LogP contribution in [0.25, 0.3) is 16.8 Å². The molecule has 1 fully saturated rings. The minimum Gasteiger partial charge on any atom is -0.494 e. The van der Waals surface area contributed by atoms with Crippen LogP contribution in [0.2, 0.25) is 0 Å². The average molecular weight is 397 g/mol. The van der Waals surface area contributed by atoms with E-state index in [1.54, 1.807) is 6.20 Å². The largest absolute Gasteiger partial charge is 0.494 e. The molecule has 1 amide bonds. The number of hydrogen-bond donors (Lipinski definition) is 1. The molecule has 0 bridgehead atoms. The first-order chi connectivity index (χ1) is 13.7. The molecule has 0 aliphatic heterocycles. The van der Waals surface area contributed by atoms with Crippen molar-refractivity contribution in [2.24, 2.45) is 0 Å². The number of benzene rings is 1. The van der Waals surface area contributed by atoms with Crippen LogP contribution in [0.15, 0.2) is 47.8 Å². The summed E-state index contributed by atoms with van der Waals surface area (Å²) >= 11 is 1.45. The Morgan fingerprint density at radius 3 is 2.82 bits per heavy atom. The Bertz CT molecular complexity index is 949. The van der Waals surface area contributed by atoms with E-state index in [2.05, 4.69) is 15.4 Å². The summed E-state index contributed by atoms with van der Waals surface area (Å²) in [5.74, 6) is 1.29. The molecule has 6 nitrogen and oxygen atoms in total. The van der Waals surface area contributed by atoms with Crippen molar-refractivity contribution in [3.05, 3.63) is 42.7 Å². The fraction of sp³-hybridized carbons (Fsp3) is 0.381. The van der Waals surface area contributed by atoms with Gasteiger partial charge in [-0.1, -0.05) is 24.6 Å². The normalized spacial score (nSPS) is 14.5. The minimum absolute atomic E-state index is 0.0759. The zero-order chi connectivity index (χ0) is 19.3. The molecule has 0 atom stereocenters. The molecule has 0 unspecified atom stereocenters.